The van der Waals surface area contributed by atoms with Crippen LogP contribution in [0.5, 0.6) is 0 Å². The van der Waals surface area contributed by atoms with Crippen molar-refractivity contribution in [1.82, 2.24) is 0 Å². The molecular formula is C23H58Cl13PSi4. The molecule has 0 saturated heterocycles. The summed E-state index contributed by atoms with van der Waals surface area (Å²) in [6.45, 7) is 8.63. The van der Waals surface area contributed by atoms with Crippen LogP contribution in [0.2, 0.25) is 18.8 Å². The molecule has 0 unspecified atom stereocenters. The fourth-order valence-electron chi connectivity index (χ4n) is 3.24. The summed E-state index contributed by atoms with van der Waals surface area (Å²) >= 11 is 67.4. The standard InChI is InChI=1S/C16H36ClP.C2H5Cl5Si2.C2H5Cl3Si.CH3Cl3Si.2CH4.ClH/c1-5-9-13-18(17,14-10-6-2,15-11-7-3)16-12-8-4;1-8(3,4)2-9(5,6)7;1-6(4,5)2-3;2-1-5(3)4;;;/h5-16H2,1-4H3;2H2,1H3;2H2,1H3;5H,1H2;2*1H4;1H. The Bertz CT molecular complexity index is 478. The molecule has 0 radical (unpaired) electrons. The molecule has 0 atom stereocenters. The van der Waals surface area contributed by atoms with E-state index in [0.29, 0.717) is 16.7 Å². The third-order valence-electron chi connectivity index (χ3n) is 5.14. The van der Waals surface area contributed by atoms with Crippen molar-refractivity contribution < 1.29 is 0 Å². The van der Waals surface area contributed by atoms with E-state index in [1.54, 1.807) is 13.1 Å². The van der Waals surface area contributed by atoms with Crippen LogP contribution >= 0.6 is 153 Å². The Hall–Kier alpha value is 5.07. The summed E-state index contributed by atoms with van der Waals surface area (Å²) in [6.07, 6.45) is 16.0. The molecule has 0 spiro atoms. The molecule has 0 aliphatic heterocycles. The molecule has 0 N–H and O–H groups in total. The van der Waals surface area contributed by atoms with Gasteiger partial charge in [-0.3, -0.25) is 0 Å². The van der Waals surface area contributed by atoms with Gasteiger partial charge < -0.3 is 0 Å². The fourth-order valence-corrected chi connectivity index (χ4v) is 27.8. The zero-order valence-electron chi connectivity index (χ0n) is 24.1. The predicted molar refractivity (Wildman–Crippen MR) is 228 cm³/mol. The maximum atomic E-state index is 7.44. The van der Waals surface area contributed by atoms with Crippen LogP contribution in [0.1, 0.15) is 93.9 Å². The van der Waals surface area contributed by atoms with Gasteiger partial charge in [0, 0.05) is 16.7 Å². The largest absolute Gasteiger partial charge is 0.341 e. The van der Waals surface area contributed by atoms with Gasteiger partial charge in [0.1, 0.15) is 0 Å². The average molecular weight is 939 g/mol. The van der Waals surface area contributed by atoms with Crippen LogP contribution in [0.15, 0.2) is 0 Å². The molecule has 0 aromatic rings. The Morgan fingerprint density at radius 2 is 0.805 bits per heavy atom. The summed E-state index contributed by atoms with van der Waals surface area (Å²) in [5.74, 6) is -1.89. The fraction of sp³-hybridized carbons (Fsp3) is 1.00. The summed E-state index contributed by atoms with van der Waals surface area (Å²) in [7, 11) is -1.44. The summed E-state index contributed by atoms with van der Waals surface area (Å²) in [4.78, 5) is 0. The molecule has 0 fully saturated rings. The second-order valence-electron chi connectivity index (χ2n) is 9.74. The average Bonchev–Trinajstić information content (AvgIpc) is 2.78. The molecule has 0 aliphatic carbocycles. The molecule has 0 rings (SSSR count). The Morgan fingerprint density at radius 3 is 0.878 bits per heavy atom. The maximum Gasteiger partial charge on any atom is 0.341 e. The quantitative estimate of drug-likeness (QED) is 0.0626. The summed E-state index contributed by atoms with van der Waals surface area (Å²) in [5.41, 5.74) is 1.26. The van der Waals surface area contributed by atoms with Crippen LogP contribution in [0, 0.1) is 0 Å². The number of alkyl halides is 2. The van der Waals surface area contributed by atoms with E-state index >= 15 is 0 Å². The second-order valence-corrected chi connectivity index (χ2v) is 50.6. The molecule has 0 aliphatic rings. The molecule has 18 heteroatoms. The molecule has 0 bridgehead atoms. The van der Waals surface area contributed by atoms with Crippen molar-refractivity contribution in [2.75, 3.05) is 35.7 Å². The van der Waals surface area contributed by atoms with Crippen LogP contribution in [0.3, 0.4) is 0 Å². The number of halogens is 13. The Labute approximate surface area is 324 Å². The van der Waals surface area contributed by atoms with E-state index in [1.165, 1.54) is 76.0 Å². The van der Waals surface area contributed by atoms with Gasteiger partial charge in [0.15, 0.2) is 0 Å². The van der Waals surface area contributed by atoms with Crippen molar-refractivity contribution in [2.45, 2.75) is 113 Å². The minimum absolute atomic E-state index is 0. The van der Waals surface area contributed by atoms with E-state index in [4.69, 9.17) is 134 Å². The van der Waals surface area contributed by atoms with Gasteiger partial charge in [-0.1, -0.05) is 14.9 Å². The third kappa shape index (κ3) is 52.1. The van der Waals surface area contributed by atoms with Gasteiger partial charge in [0.05, 0.1) is 0 Å². The number of rotatable bonds is 16. The first-order valence-corrected chi connectivity index (χ1v) is 37.0. The van der Waals surface area contributed by atoms with Crippen LogP contribution in [-0.2, 0) is 0 Å². The molecule has 0 aromatic carbocycles. The van der Waals surface area contributed by atoms with E-state index in [0.717, 1.165) is 0 Å². The van der Waals surface area contributed by atoms with Gasteiger partial charge in [0.2, 0.25) is 6.69 Å². The topological polar surface area (TPSA) is 0 Å². The molecule has 0 heterocycles. The molecule has 262 valence electrons. The molecule has 0 amide bonds. The molecule has 0 aromatic heterocycles. The van der Waals surface area contributed by atoms with Crippen LogP contribution in [0.4, 0.5) is 0 Å². The van der Waals surface area contributed by atoms with E-state index in [9.17, 15) is 0 Å². The zero-order chi connectivity index (χ0) is 31.1. The van der Waals surface area contributed by atoms with Crippen LogP contribution < -0.4 is 0 Å². The Kier molecular flexibility index (Phi) is 50.2. The second kappa shape index (κ2) is 33.6. The van der Waals surface area contributed by atoms with Crippen molar-refractivity contribution in [3.8, 4) is 0 Å². The summed E-state index contributed by atoms with van der Waals surface area (Å²) in [5, 5.41) is 0. The van der Waals surface area contributed by atoms with Crippen molar-refractivity contribution in [2.24, 2.45) is 0 Å². The van der Waals surface area contributed by atoms with Crippen molar-refractivity contribution >= 4 is 179 Å². The molecule has 0 saturated carbocycles. The van der Waals surface area contributed by atoms with Gasteiger partial charge in [-0.05, 0) is 13.1 Å². The van der Waals surface area contributed by atoms with Gasteiger partial charge >= 0.3 is 127 Å². The van der Waals surface area contributed by atoms with Crippen molar-refractivity contribution in [3.05, 3.63) is 0 Å². The van der Waals surface area contributed by atoms with Gasteiger partial charge in [-0.25, -0.2) is 0 Å². The van der Waals surface area contributed by atoms with Crippen molar-refractivity contribution in [3.63, 3.8) is 0 Å². The van der Waals surface area contributed by atoms with Gasteiger partial charge in [-0.15, -0.1) is 135 Å². The normalized spacial score (nSPS) is 12.3. The first kappa shape index (κ1) is 61.3. The summed E-state index contributed by atoms with van der Waals surface area (Å²) < 4.78 is 0. The Balaban J connectivity index is -0.0000000845. The van der Waals surface area contributed by atoms with E-state index in [2.05, 4.69) is 27.7 Å². The summed E-state index contributed by atoms with van der Waals surface area (Å²) in [6, 6.07) is -2.58. The minimum Gasteiger partial charge on any atom is -0.149 e. The first-order valence-electron chi connectivity index (χ1n) is 13.0. The van der Waals surface area contributed by atoms with E-state index in [-0.39, 0.29) is 27.3 Å². The monoisotopic (exact) mass is 932 g/mol. The van der Waals surface area contributed by atoms with Gasteiger partial charge in [0.25, 0.3) is 14.1 Å². The number of hydrogen-bond acceptors (Lipinski definition) is 0. The SMILES string of the molecule is C.C.CCCCP(Cl)(CCCC)(CCCC)CCCC.C[Si](Cl)(Cl)CCl.C[Si](Cl)(Cl)C[Si](Cl)(Cl)Cl.Cl.ClC[SiH](Cl)Cl. The minimum atomic E-state index is -2.58. The molecule has 0 nitrogen and oxygen atoms in total. The van der Waals surface area contributed by atoms with Crippen LogP contribution in [-0.4, -0.2) is 62.5 Å². The third-order valence-corrected chi connectivity index (χ3v) is 29.7. The van der Waals surface area contributed by atoms with Crippen LogP contribution in [0.25, 0.3) is 0 Å². The molecular weight excluding hydrogens is 880 g/mol. The smallest absolute Gasteiger partial charge is 0.149 e. The van der Waals surface area contributed by atoms with Crippen molar-refractivity contribution in [1.29, 1.82) is 0 Å². The maximum absolute atomic E-state index is 7.44. The van der Waals surface area contributed by atoms with E-state index in [1.807, 2.05) is 0 Å². The first-order chi connectivity index (χ1) is 17.1. The molecule has 41 heavy (non-hydrogen) atoms. The number of hydrogen-bond donors (Lipinski definition) is 0. The Morgan fingerprint density at radius 1 is 0.585 bits per heavy atom. The van der Waals surface area contributed by atoms with E-state index < -0.39 is 32.8 Å². The van der Waals surface area contributed by atoms with Gasteiger partial charge in [-0.2, -0.15) is 0 Å². The number of unbranched alkanes of at least 4 members (excludes halogenated alkanes) is 4. The predicted octanol–water partition coefficient (Wildman–Crippen LogP) is 16.1. The zero-order valence-corrected chi connectivity index (χ0v) is 39.0.